The van der Waals surface area contributed by atoms with Crippen molar-refractivity contribution in [2.24, 2.45) is 0 Å². The monoisotopic (exact) mass is 239 g/mol. The molecule has 5 heteroatoms. The van der Waals surface area contributed by atoms with Crippen molar-refractivity contribution < 1.29 is 9.32 Å². The van der Waals surface area contributed by atoms with Gasteiger partial charge in [0.2, 0.25) is 5.91 Å². The van der Waals surface area contributed by atoms with Gasteiger partial charge in [0.1, 0.15) is 5.76 Å². The van der Waals surface area contributed by atoms with E-state index < -0.39 is 0 Å². The molecule has 0 aliphatic rings. The Labute approximate surface area is 102 Å². The molecule has 5 nitrogen and oxygen atoms in total. The van der Waals surface area contributed by atoms with Crippen molar-refractivity contribution in [3.8, 4) is 0 Å². The van der Waals surface area contributed by atoms with Crippen molar-refractivity contribution in [2.45, 2.75) is 40.2 Å². The summed E-state index contributed by atoms with van der Waals surface area (Å²) in [5.41, 5.74) is 1.99. The van der Waals surface area contributed by atoms with Crippen LogP contribution in [-0.4, -0.2) is 24.2 Å². The zero-order valence-corrected chi connectivity index (χ0v) is 10.8. The number of hydrogen-bond acceptors (Lipinski definition) is 4. The molecule has 0 aromatic carbocycles. The quantitative estimate of drug-likeness (QED) is 0.704. The van der Waals surface area contributed by atoms with Gasteiger partial charge in [-0.25, -0.2) is 0 Å². The van der Waals surface area contributed by atoms with Gasteiger partial charge in [0, 0.05) is 31.6 Å². The molecule has 0 saturated heterocycles. The zero-order chi connectivity index (χ0) is 12.7. The van der Waals surface area contributed by atoms with Crippen LogP contribution in [-0.2, 0) is 11.3 Å². The predicted octanol–water partition coefficient (Wildman–Crippen LogP) is 1.30. The highest BCUT2D eigenvalue weighted by molar-refractivity contribution is 5.75. The molecule has 1 amide bonds. The number of carbonyl (C=O) groups excluding carboxylic acids is 1. The molecule has 0 atom stereocenters. The second-order valence-electron chi connectivity index (χ2n) is 4.08. The summed E-state index contributed by atoms with van der Waals surface area (Å²) < 4.78 is 5.06. The molecule has 0 radical (unpaired) electrons. The lowest BCUT2D eigenvalue weighted by Gasteiger charge is -2.05. The van der Waals surface area contributed by atoms with Gasteiger partial charge in [0.05, 0.1) is 5.69 Å². The van der Waals surface area contributed by atoms with E-state index >= 15 is 0 Å². The molecular formula is C12H21N3O2. The minimum Gasteiger partial charge on any atom is -0.361 e. The van der Waals surface area contributed by atoms with E-state index in [4.69, 9.17) is 4.52 Å². The molecule has 0 fully saturated rings. The number of amides is 1. The smallest absolute Gasteiger partial charge is 0.221 e. The summed E-state index contributed by atoms with van der Waals surface area (Å²) in [6.07, 6.45) is 1.47. The van der Waals surface area contributed by atoms with Crippen LogP contribution < -0.4 is 10.6 Å². The lowest BCUT2D eigenvalue weighted by molar-refractivity contribution is -0.120. The molecule has 0 aliphatic heterocycles. The Morgan fingerprint density at radius 3 is 2.71 bits per heavy atom. The summed E-state index contributed by atoms with van der Waals surface area (Å²) in [7, 11) is 0. The lowest BCUT2D eigenvalue weighted by Crippen LogP contribution is -2.28. The highest BCUT2D eigenvalue weighted by Gasteiger charge is 2.08. The third kappa shape index (κ3) is 4.56. The first-order chi connectivity index (χ1) is 8.15. The van der Waals surface area contributed by atoms with Gasteiger partial charge < -0.3 is 15.2 Å². The van der Waals surface area contributed by atoms with Crippen LogP contribution >= 0.6 is 0 Å². The van der Waals surface area contributed by atoms with Crippen LogP contribution in [0.3, 0.4) is 0 Å². The number of nitrogens with one attached hydrogen (secondary N) is 2. The predicted molar refractivity (Wildman–Crippen MR) is 65.6 cm³/mol. The standard InChI is InChI=1S/C12H21N3O2/c1-4-6-14-12(16)5-7-13-8-11-9(2)15-17-10(11)3/h13H,4-8H2,1-3H3,(H,14,16). The maximum atomic E-state index is 11.3. The van der Waals surface area contributed by atoms with Crippen molar-refractivity contribution in [3.63, 3.8) is 0 Å². The van der Waals surface area contributed by atoms with E-state index in [0.717, 1.165) is 30.0 Å². The molecule has 17 heavy (non-hydrogen) atoms. The molecule has 0 bridgehead atoms. The first kappa shape index (κ1) is 13.7. The van der Waals surface area contributed by atoms with Crippen LogP contribution in [0, 0.1) is 13.8 Å². The van der Waals surface area contributed by atoms with E-state index in [-0.39, 0.29) is 5.91 Å². The van der Waals surface area contributed by atoms with Gasteiger partial charge >= 0.3 is 0 Å². The second-order valence-corrected chi connectivity index (χ2v) is 4.08. The van der Waals surface area contributed by atoms with Gasteiger partial charge in [-0.2, -0.15) is 0 Å². The van der Waals surface area contributed by atoms with Gasteiger partial charge in [-0.1, -0.05) is 12.1 Å². The summed E-state index contributed by atoms with van der Waals surface area (Å²) in [6, 6.07) is 0. The average Bonchev–Trinajstić information content (AvgIpc) is 2.62. The van der Waals surface area contributed by atoms with E-state index in [1.165, 1.54) is 0 Å². The fourth-order valence-corrected chi connectivity index (χ4v) is 1.52. The van der Waals surface area contributed by atoms with Crippen molar-refractivity contribution in [1.29, 1.82) is 0 Å². The fraction of sp³-hybridized carbons (Fsp3) is 0.667. The maximum Gasteiger partial charge on any atom is 0.221 e. The topological polar surface area (TPSA) is 67.2 Å². The molecule has 0 unspecified atom stereocenters. The molecule has 96 valence electrons. The number of nitrogens with zero attached hydrogens (tertiary/aromatic N) is 1. The highest BCUT2D eigenvalue weighted by atomic mass is 16.5. The van der Waals surface area contributed by atoms with Crippen LogP contribution in [0.5, 0.6) is 0 Å². The number of hydrogen-bond donors (Lipinski definition) is 2. The number of carbonyl (C=O) groups is 1. The molecule has 1 rings (SSSR count). The van der Waals surface area contributed by atoms with Crippen molar-refractivity contribution in [3.05, 3.63) is 17.0 Å². The van der Waals surface area contributed by atoms with Crippen molar-refractivity contribution in [1.82, 2.24) is 15.8 Å². The first-order valence-corrected chi connectivity index (χ1v) is 6.04. The maximum absolute atomic E-state index is 11.3. The molecular weight excluding hydrogens is 218 g/mol. The fourth-order valence-electron chi connectivity index (χ4n) is 1.52. The summed E-state index contributed by atoms with van der Waals surface area (Å²) in [5, 5.41) is 9.93. The minimum absolute atomic E-state index is 0.0955. The van der Waals surface area contributed by atoms with Gasteiger partial charge in [-0.05, 0) is 20.3 Å². The van der Waals surface area contributed by atoms with E-state index in [1.807, 2.05) is 20.8 Å². The summed E-state index contributed by atoms with van der Waals surface area (Å²) in [5.74, 6) is 0.934. The molecule has 1 aromatic rings. The summed E-state index contributed by atoms with van der Waals surface area (Å²) >= 11 is 0. The van der Waals surface area contributed by atoms with Crippen LogP contribution in [0.4, 0.5) is 0 Å². The van der Waals surface area contributed by atoms with E-state index in [9.17, 15) is 4.79 Å². The molecule has 0 aliphatic carbocycles. The van der Waals surface area contributed by atoms with Gasteiger partial charge in [-0.15, -0.1) is 0 Å². The summed E-state index contributed by atoms with van der Waals surface area (Å²) in [6.45, 7) is 7.97. The zero-order valence-electron chi connectivity index (χ0n) is 10.8. The van der Waals surface area contributed by atoms with Gasteiger partial charge in [0.15, 0.2) is 0 Å². The normalized spacial score (nSPS) is 10.5. The van der Waals surface area contributed by atoms with Gasteiger partial charge in [-0.3, -0.25) is 4.79 Å². The van der Waals surface area contributed by atoms with Crippen LogP contribution in [0.2, 0.25) is 0 Å². The van der Waals surface area contributed by atoms with Crippen LogP contribution in [0.1, 0.15) is 36.8 Å². The SMILES string of the molecule is CCCNC(=O)CCNCc1c(C)noc1C. The lowest BCUT2D eigenvalue weighted by atomic mass is 10.2. The Hall–Kier alpha value is -1.36. The Kier molecular flexibility index (Phi) is 5.69. The molecule has 0 spiro atoms. The minimum atomic E-state index is 0.0955. The van der Waals surface area contributed by atoms with E-state index in [2.05, 4.69) is 15.8 Å². The van der Waals surface area contributed by atoms with E-state index in [1.54, 1.807) is 0 Å². The Morgan fingerprint density at radius 2 is 2.12 bits per heavy atom. The van der Waals surface area contributed by atoms with Crippen molar-refractivity contribution >= 4 is 5.91 Å². The van der Waals surface area contributed by atoms with Crippen LogP contribution in [0.25, 0.3) is 0 Å². The first-order valence-electron chi connectivity index (χ1n) is 6.04. The molecule has 1 heterocycles. The van der Waals surface area contributed by atoms with Gasteiger partial charge in [0.25, 0.3) is 0 Å². The third-order valence-corrected chi connectivity index (χ3v) is 2.58. The third-order valence-electron chi connectivity index (χ3n) is 2.58. The number of aromatic nitrogens is 1. The number of aryl methyl sites for hydroxylation is 2. The Bertz CT molecular complexity index is 341. The second kappa shape index (κ2) is 7.06. The highest BCUT2D eigenvalue weighted by Crippen LogP contribution is 2.11. The molecule has 1 aromatic heterocycles. The van der Waals surface area contributed by atoms with Crippen molar-refractivity contribution in [2.75, 3.05) is 13.1 Å². The van der Waals surface area contributed by atoms with E-state index in [0.29, 0.717) is 19.5 Å². The largest absolute Gasteiger partial charge is 0.361 e. The molecule has 0 saturated carbocycles. The Morgan fingerprint density at radius 1 is 1.35 bits per heavy atom. The Balaban J connectivity index is 2.18. The average molecular weight is 239 g/mol. The summed E-state index contributed by atoms with van der Waals surface area (Å²) in [4.78, 5) is 11.3. The molecule has 2 N–H and O–H groups in total. The number of rotatable bonds is 7. The van der Waals surface area contributed by atoms with Crippen LogP contribution in [0.15, 0.2) is 4.52 Å².